The molecule has 0 spiro atoms. The number of nitrogens with one attached hydrogen (secondary N) is 1. The summed E-state index contributed by atoms with van der Waals surface area (Å²) in [6.07, 6.45) is 2.51. The number of halogens is 3. The molecule has 0 radical (unpaired) electrons. The quantitative estimate of drug-likeness (QED) is 0.326. The third-order valence-electron chi connectivity index (χ3n) is 4.14. The van der Waals surface area contributed by atoms with Crippen molar-refractivity contribution in [2.75, 3.05) is 5.32 Å². The topological polar surface area (TPSA) is 37.8 Å². The van der Waals surface area contributed by atoms with Gasteiger partial charge >= 0.3 is 0 Å². The fourth-order valence-electron chi connectivity index (χ4n) is 3.01. The standard InChI is InChI=1S/C20H14BrCl2N3S/c1-2-16-17(11-3-5-12(21)6-4-11)18-19(24-10-25-20(18)27-16)26-15-8-13(22)7-14(23)9-15/h3-10H,2H2,1H3,(H,24,25,26). The molecule has 27 heavy (non-hydrogen) atoms. The van der Waals surface area contributed by atoms with Gasteiger partial charge in [0.1, 0.15) is 17.0 Å². The van der Waals surface area contributed by atoms with Crippen LogP contribution in [0.4, 0.5) is 11.5 Å². The highest BCUT2D eigenvalue weighted by Crippen LogP contribution is 2.42. The van der Waals surface area contributed by atoms with Gasteiger partial charge in [-0.25, -0.2) is 9.97 Å². The maximum atomic E-state index is 6.14. The van der Waals surface area contributed by atoms with Gasteiger partial charge in [-0.15, -0.1) is 11.3 Å². The highest BCUT2D eigenvalue weighted by Gasteiger charge is 2.18. The van der Waals surface area contributed by atoms with Crippen LogP contribution in [0.3, 0.4) is 0 Å². The maximum Gasteiger partial charge on any atom is 0.143 e. The Hall–Kier alpha value is -1.66. The van der Waals surface area contributed by atoms with Crippen molar-refractivity contribution in [3.63, 3.8) is 0 Å². The Balaban J connectivity index is 1.91. The molecule has 0 bridgehead atoms. The van der Waals surface area contributed by atoms with Crippen molar-refractivity contribution in [1.29, 1.82) is 0 Å². The molecule has 2 heterocycles. The normalized spacial score (nSPS) is 11.1. The molecule has 136 valence electrons. The summed E-state index contributed by atoms with van der Waals surface area (Å²) in [5.74, 6) is 0.743. The van der Waals surface area contributed by atoms with E-state index in [9.17, 15) is 0 Å². The lowest BCUT2D eigenvalue weighted by Crippen LogP contribution is -1.96. The summed E-state index contributed by atoms with van der Waals surface area (Å²) in [6.45, 7) is 2.16. The molecule has 7 heteroatoms. The largest absolute Gasteiger partial charge is 0.339 e. The van der Waals surface area contributed by atoms with Crippen molar-refractivity contribution < 1.29 is 0 Å². The van der Waals surface area contributed by atoms with Gasteiger partial charge in [-0.2, -0.15) is 0 Å². The van der Waals surface area contributed by atoms with E-state index in [1.54, 1.807) is 23.7 Å². The summed E-state index contributed by atoms with van der Waals surface area (Å²) in [6, 6.07) is 13.7. The molecule has 0 saturated heterocycles. The van der Waals surface area contributed by atoms with Crippen LogP contribution in [0.5, 0.6) is 0 Å². The fraction of sp³-hybridized carbons (Fsp3) is 0.100. The number of nitrogens with zero attached hydrogens (tertiary/aromatic N) is 2. The van der Waals surface area contributed by atoms with Gasteiger partial charge in [0.2, 0.25) is 0 Å². The summed E-state index contributed by atoms with van der Waals surface area (Å²) in [5.41, 5.74) is 3.10. The zero-order valence-corrected chi connectivity index (χ0v) is 18.2. The van der Waals surface area contributed by atoms with Crippen LogP contribution in [0.25, 0.3) is 21.3 Å². The van der Waals surface area contributed by atoms with Gasteiger partial charge in [-0.3, -0.25) is 0 Å². The van der Waals surface area contributed by atoms with E-state index >= 15 is 0 Å². The predicted molar refractivity (Wildman–Crippen MR) is 120 cm³/mol. The van der Waals surface area contributed by atoms with Crippen molar-refractivity contribution in [3.8, 4) is 11.1 Å². The van der Waals surface area contributed by atoms with E-state index in [4.69, 9.17) is 23.2 Å². The molecule has 0 aliphatic carbocycles. The molecule has 1 N–H and O–H groups in total. The number of benzene rings is 2. The SMILES string of the molecule is CCc1sc2ncnc(Nc3cc(Cl)cc(Cl)c3)c2c1-c1ccc(Br)cc1. The number of anilines is 2. The molecule has 0 aliphatic rings. The van der Waals surface area contributed by atoms with Crippen LogP contribution in [0.1, 0.15) is 11.8 Å². The monoisotopic (exact) mass is 477 g/mol. The smallest absolute Gasteiger partial charge is 0.143 e. The molecule has 0 fully saturated rings. The van der Waals surface area contributed by atoms with E-state index in [1.165, 1.54) is 10.4 Å². The lowest BCUT2D eigenvalue weighted by Gasteiger charge is -2.10. The van der Waals surface area contributed by atoms with Gasteiger partial charge in [0, 0.05) is 30.6 Å². The predicted octanol–water partition coefficient (Wildman–Crippen LogP) is 7.73. The van der Waals surface area contributed by atoms with Gasteiger partial charge in [0.05, 0.1) is 5.39 Å². The van der Waals surface area contributed by atoms with E-state index in [1.807, 2.05) is 24.3 Å². The molecular formula is C20H14BrCl2N3S. The average molecular weight is 479 g/mol. The van der Waals surface area contributed by atoms with Crippen LogP contribution in [0.15, 0.2) is 53.3 Å². The third-order valence-corrected chi connectivity index (χ3v) is 6.35. The van der Waals surface area contributed by atoms with Crippen LogP contribution in [-0.2, 0) is 6.42 Å². The van der Waals surface area contributed by atoms with Crippen LogP contribution in [0.2, 0.25) is 10.0 Å². The first-order valence-corrected chi connectivity index (χ1v) is 10.7. The van der Waals surface area contributed by atoms with E-state index in [0.717, 1.165) is 38.2 Å². The molecule has 0 unspecified atom stereocenters. The number of hydrogen-bond acceptors (Lipinski definition) is 4. The fourth-order valence-corrected chi connectivity index (χ4v) is 4.90. The Labute approximate surface area is 179 Å². The van der Waals surface area contributed by atoms with Crippen molar-refractivity contribution in [3.05, 3.63) is 68.2 Å². The van der Waals surface area contributed by atoms with Gasteiger partial charge in [0.25, 0.3) is 0 Å². The molecule has 0 aliphatic heterocycles. The van der Waals surface area contributed by atoms with E-state index in [0.29, 0.717) is 10.0 Å². The third kappa shape index (κ3) is 3.83. The van der Waals surface area contributed by atoms with Gasteiger partial charge in [0.15, 0.2) is 0 Å². The Kier molecular flexibility index (Phi) is 5.37. The zero-order valence-electron chi connectivity index (χ0n) is 14.3. The van der Waals surface area contributed by atoms with E-state index in [-0.39, 0.29) is 0 Å². The highest BCUT2D eigenvalue weighted by atomic mass is 79.9. The Morgan fingerprint density at radius 1 is 1.04 bits per heavy atom. The van der Waals surface area contributed by atoms with Crippen LogP contribution < -0.4 is 5.32 Å². The Morgan fingerprint density at radius 3 is 2.41 bits per heavy atom. The minimum absolute atomic E-state index is 0.572. The molecular weight excluding hydrogens is 465 g/mol. The number of aromatic nitrogens is 2. The zero-order chi connectivity index (χ0) is 19.0. The average Bonchev–Trinajstić information content (AvgIpc) is 3.01. The van der Waals surface area contributed by atoms with Gasteiger partial charge < -0.3 is 5.32 Å². The molecule has 0 saturated carbocycles. The second-order valence-corrected chi connectivity index (χ2v) is 8.82. The van der Waals surface area contributed by atoms with Crippen LogP contribution in [-0.4, -0.2) is 9.97 Å². The number of thiophene rings is 1. The summed E-state index contributed by atoms with van der Waals surface area (Å²) < 4.78 is 1.05. The van der Waals surface area contributed by atoms with Crippen molar-refractivity contribution in [2.45, 2.75) is 13.3 Å². The lowest BCUT2D eigenvalue weighted by molar-refractivity contribution is 1.19. The van der Waals surface area contributed by atoms with Crippen LogP contribution in [0, 0.1) is 0 Å². The lowest BCUT2D eigenvalue weighted by atomic mass is 10.0. The van der Waals surface area contributed by atoms with E-state index < -0.39 is 0 Å². The van der Waals surface area contributed by atoms with Crippen molar-refractivity contribution in [1.82, 2.24) is 9.97 Å². The summed E-state index contributed by atoms with van der Waals surface area (Å²) in [5, 5.41) is 5.52. The van der Waals surface area contributed by atoms with E-state index in [2.05, 4.69) is 50.3 Å². The second kappa shape index (κ2) is 7.76. The minimum atomic E-state index is 0.572. The number of hydrogen-bond donors (Lipinski definition) is 1. The summed E-state index contributed by atoms with van der Waals surface area (Å²) >= 11 is 17.5. The molecule has 2 aromatic heterocycles. The number of aryl methyl sites for hydroxylation is 1. The second-order valence-electron chi connectivity index (χ2n) is 5.95. The molecule has 0 atom stereocenters. The maximum absolute atomic E-state index is 6.14. The van der Waals surface area contributed by atoms with Crippen molar-refractivity contribution in [2.24, 2.45) is 0 Å². The number of rotatable bonds is 4. The van der Waals surface area contributed by atoms with Gasteiger partial charge in [-0.1, -0.05) is 58.2 Å². The van der Waals surface area contributed by atoms with Gasteiger partial charge in [-0.05, 0) is 42.3 Å². The Morgan fingerprint density at radius 2 is 1.74 bits per heavy atom. The molecule has 0 amide bonds. The molecule has 3 nitrogen and oxygen atoms in total. The minimum Gasteiger partial charge on any atom is -0.339 e. The first kappa shape index (κ1) is 18.7. The van der Waals surface area contributed by atoms with Crippen molar-refractivity contribution >= 4 is 72.2 Å². The summed E-state index contributed by atoms with van der Waals surface area (Å²) in [7, 11) is 0. The molecule has 2 aromatic carbocycles. The highest BCUT2D eigenvalue weighted by molar-refractivity contribution is 9.10. The van der Waals surface area contributed by atoms with Crippen LogP contribution >= 0.6 is 50.5 Å². The Bertz CT molecular complexity index is 1110. The molecule has 4 rings (SSSR count). The summed E-state index contributed by atoms with van der Waals surface area (Å²) in [4.78, 5) is 11.2. The number of fused-ring (bicyclic) bond motifs is 1. The first-order chi connectivity index (χ1) is 13.0. The molecule has 4 aromatic rings. The first-order valence-electron chi connectivity index (χ1n) is 8.30.